The highest BCUT2D eigenvalue weighted by atomic mass is 32.2. The molecule has 3 aromatic carbocycles. The molecule has 0 radical (unpaired) electrons. The molecular formula is C29H34FN3O5S. The molecule has 3 rings (SSSR count). The molecule has 0 fully saturated rings. The van der Waals surface area contributed by atoms with Crippen molar-refractivity contribution in [3.63, 3.8) is 0 Å². The molecule has 0 aliphatic heterocycles. The summed E-state index contributed by atoms with van der Waals surface area (Å²) >= 11 is 0. The van der Waals surface area contributed by atoms with E-state index in [0.717, 1.165) is 4.31 Å². The molecule has 0 saturated heterocycles. The van der Waals surface area contributed by atoms with Crippen LogP contribution < -0.4 is 14.4 Å². The standard InChI is InChI=1S/C29H34FN3O5S/c1-5-21(2)31-29(35)22(3)32(19-23-14-16-24(30)17-15-23)28(34)20-33(25-10-9-11-26(18-25)38-4)39(36,37)27-12-7-6-8-13-27/h6-18,21-22H,5,19-20H2,1-4H3,(H,31,35)/t21-,22-/m1/s1. The van der Waals surface area contributed by atoms with Crippen LogP contribution in [0, 0.1) is 5.82 Å². The van der Waals surface area contributed by atoms with Gasteiger partial charge < -0.3 is 15.0 Å². The van der Waals surface area contributed by atoms with Crippen molar-refractivity contribution in [2.45, 2.75) is 50.7 Å². The highest BCUT2D eigenvalue weighted by molar-refractivity contribution is 7.92. The quantitative estimate of drug-likeness (QED) is 0.358. The fraction of sp³-hybridized carbons (Fsp3) is 0.310. The average molecular weight is 556 g/mol. The summed E-state index contributed by atoms with van der Waals surface area (Å²) in [6, 6.07) is 18.7. The molecule has 0 aliphatic rings. The first-order valence-corrected chi connectivity index (χ1v) is 14.1. The van der Waals surface area contributed by atoms with E-state index in [1.54, 1.807) is 43.3 Å². The second-order valence-electron chi connectivity index (χ2n) is 9.17. The minimum atomic E-state index is -4.17. The Balaban J connectivity index is 2.02. The zero-order valence-electron chi connectivity index (χ0n) is 22.5. The molecule has 0 bridgehead atoms. The predicted molar refractivity (Wildman–Crippen MR) is 148 cm³/mol. The number of anilines is 1. The van der Waals surface area contributed by atoms with Crippen molar-refractivity contribution in [1.82, 2.24) is 10.2 Å². The van der Waals surface area contributed by atoms with Crippen molar-refractivity contribution >= 4 is 27.5 Å². The molecule has 2 amide bonds. The Morgan fingerprint density at radius 2 is 1.64 bits per heavy atom. The first kappa shape index (κ1) is 29.6. The van der Waals surface area contributed by atoms with Crippen LogP contribution in [0.1, 0.15) is 32.8 Å². The molecule has 39 heavy (non-hydrogen) atoms. The Hall–Kier alpha value is -3.92. The molecule has 0 unspecified atom stereocenters. The summed E-state index contributed by atoms with van der Waals surface area (Å²) in [7, 11) is -2.71. The molecule has 0 saturated carbocycles. The predicted octanol–water partition coefficient (Wildman–Crippen LogP) is 4.36. The lowest BCUT2D eigenvalue weighted by Crippen LogP contribution is -2.52. The van der Waals surface area contributed by atoms with E-state index in [1.807, 2.05) is 13.8 Å². The van der Waals surface area contributed by atoms with E-state index in [1.165, 1.54) is 54.5 Å². The van der Waals surface area contributed by atoms with Gasteiger partial charge in [-0.1, -0.05) is 43.3 Å². The topological polar surface area (TPSA) is 96.0 Å². The van der Waals surface area contributed by atoms with Crippen LogP contribution in [0.3, 0.4) is 0 Å². The van der Waals surface area contributed by atoms with E-state index >= 15 is 0 Å². The van der Waals surface area contributed by atoms with E-state index in [-0.39, 0.29) is 29.1 Å². The Morgan fingerprint density at radius 1 is 0.974 bits per heavy atom. The maximum absolute atomic E-state index is 13.9. The largest absolute Gasteiger partial charge is 0.497 e. The normalized spacial score (nSPS) is 12.7. The second kappa shape index (κ2) is 13.2. The van der Waals surface area contributed by atoms with Crippen LogP contribution in [0.25, 0.3) is 0 Å². The second-order valence-corrected chi connectivity index (χ2v) is 11.0. The SMILES string of the molecule is CC[C@@H](C)NC(=O)[C@@H](C)N(Cc1ccc(F)cc1)C(=O)CN(c1cccc(OC)c1)S(=O)(=O)c1ccccc1. The number of methoxy groups -OCH3 is 1. The number of nitrogens with one attached hydrogen (secondary N) is 1. The number of halogens is 1. The van der Waals surface area contributed by atoms with Crippen molar-refractivity contribution in [2.75, 3.05) is 18.0 Å². The Labute approximate surface area is 229 Å². The zero-order valence-corrected chi connectivity index (χ0v) is 23.3. The van der Waals surface area contributed by atoms with E-state index in [0.29, 0.717) is 17.7 Å². The van der Waals surface area contributed by atoms with Gasteiger partial charge >= 0.3 is 0 Å². The maximum Gasteiger partial charge on any atom is 0.264 e. The maximum atomic E-state index is 13.9. The van der Waals surface area contributed by atoms with Crippen molar-refractivity contribution in [3.05, 3.63) is 90.2 Å². The minimum absolute atomic E-state index is 0.00765. The van der Waals surface area contributed by atoms with Crippen molar-refractivity contribution in [2.24, 2.45) is 0 Å². The van der Waals surface area contributed by atoms with Gasteiger partial charge in [-0.05, 0) is 62.2 Å². The van der Waals surface area contributed by atoms with Crippen LogP contribution in [-0.4, -0.2) is 50.9 Å². The van der Waals surface area contributed by atoms with Crippen molar-refractivity contribution in [1.29, 1.82) is 0 Å². The van der Waals surface area contributed by atoms with Gasteiger partial charge in [0.2, 0.25) is 11.8 Å². The van der Waals surface area contributed by atoms with E-state index < -0.39 is 34.3 Å². The van der Waals surface area contributed by atoms with Crippen LogP contribution in [0.2, 0.25) is 0 Å². The van der Waals surface area contributed by atoms with Crippen molar-refractivity contribution in [3.8, 4) is 5.75 Å². The lowest BCUT2D eigenvalue weighted by Gasteiger charge is -2.32. The van der Waals surface area contributed by atoms with Crippen LogP contribution in [0.4, 0.5) is 10.1 Å². The Bertz CT molecular complexity index is 1370. The van der Waals surface area contributed by atoms with E-state index in [4.69, 9.17) is 4.74 Å². The van der Waals surface area contributed by atoms with Gasteiger partial charge in [0.25, 0.3) is 10.0 Å². The smallest absolute Gasteiger partial charge is 0.264 e. The number of hydrogen-bond donors (Lipinski definition) is 1. The number of amides is 2. The van der Waals surface area contributed by atoms with Crippen LogP contribution in [0.15, 0.2) is 83.8 Å². The molecule has 0 aliphatic carbocycles. The lowest BCUT2D eigenvalue weighted by molar-refractivity contribution is -0.139. The fourth-order valence-electron chi connectivity index (χ4n) is 3.85. The summed E-state index contributed by atoms with van der Waals surface area (Å²) in [6.07, 6.45) is 0.698. The molecule has 0 spiro atoms. The number of carbonyl (C=O) groups excluding carboxylic acids is 2. The Morgan fingerprint density at radius 3 is 2.26 bits per heavy atom. The van der Waals surface area contributed by atoms with Crippen LogP contribution >= 0.6 is 0 Å². The van der Waals surface area contributed by atoms with Gasteiger partial charge in [0.05, 0.1) is 17.7 Å². The van der Waals surface area contributed by atoms with Crippen molar-refractivity contribution < 1.29 is 27.1 Å². The van der Waals surface area contributed by atoms with E-state index in [2.05, 4.69) is 5.32 Å². The Kier molecular flexibility index (Phi) is 10.1. The lowest BCUT2D eigenvalue weighted by atomic mass is 10.1. The number of carbonyl (C=O) groups is 2. The molecule has 0 heterocycles. The van der Waals surface area contributed by atoms with Gasteiger partial charge in [-0.2, -0.15) is 0 Å². The molecule has 8 nitrogen and oxygen atoms in total. The number of rotatable bonds is 12. The summed E-state index contributed by atoms with van der Waals surface area (Å²) in [5.74, 6) is -0.998. The molecular weight excluding hydrogens is 521 g/mol. The zero-order chi connectivity index (χ0) is 28.6. The van der Waals surface area contributed by atoms with Gasteiger partial charge in [-0.15, -0.1) is 0 Å². The number of hydrogen-bond acceptors (Lipinski definition) is 5. The summed E-state index contributed by atoms with van der Waals surface area (Å²) < 4.78 is 47.4. The van der Waals surface area contributed by atoms with E-state index in [9.17, 15) is 22.4 Å². The van der Waals surface area contributed by atoms with Gasteiger partial charge in [0.1, 0.15) is 24.2 Å². The van der Waals surface area contributed by atoms with Crippen LogP contribution in [0.5, 0.6) is 5.75 Å². The summed E-state index contributed by atoms with van der Waals surface area (Å²) in [5, 5.41) is 2.87. The first-order chi connectivity index (χ1) is 18.6. The fourth-order valence-corrected chi connectivity index (χ4v) is 5.28. The molecule has 0 aromatic heterocycles. The highest BCUT2D eigenvalue weighted by Crippen LogP contribution is 2.27. The molecule has 1 N–H and O–H groups in total. The number of sulfonamides is 1. The summed E-state index contributed by atoms with van der Waals surface area (Å²) in [5.41, 5.74) is 0.816. The monoisotopic (exact) mass is 555 g/mol. The number of benzene rings is 3. The number of nitrogens with zero attached hydrogens (tertiary/aromatic N) is 2. The van der Waals surface area contributed by atoms with Gasteiger partial charge in [-0.3, -0.25) is 13.9 Å². The number of ether oxygens (including phenoxy) is 1. The minimum Gasteiger partial charge on any atom is -0.497 e. The summed E-state index contributed by atoms with van der Waals surface area (Å²) in [6.45, 7) is 4.77. The summed E-state index contributed by atoms with van der Waals surface area (Å²) in [4.78, 5) is 28.2. The third-order valence-corrected chi connectivity index (χ3v) is 8.17. The highest BCUT2D eigenvalue weighted by Gasteiger charge is 2.32. The average Bonchev–Trinajstić information content (AvgIpc) is 2.95. The van der Waals surface area contributed by atoms with Gasteiger partial charge in [-0.25, -0.2) is 12.8 Å². The third kappa shape index (κ3) is 7.57. The molecule has 2 atom stereocenters. The van der Waals surface area contributed by atoms with Gasteiger partial charge in [0, 0.05) is 18.7 Å². The van der Waals surface area contributed by atoms with Crippen LogP contribution in [-0.2, 0) is 26.2 Å². The van der Waals surface area contributed by atoms with Gasteiger partial charge in [0.15, 0.2) is 0 Å². The first-order valence-electron chi connectivity index (χ1n) is 12.6. The molecule has 10 heteroatoms. The third-order valence-electron chi connectivity index (χ3n) is 6.39. The molecule has 3 aromatic rings. The molecule has 208 valence electrons.